The normalized spacial score (nSPS) is 16.3. The molecule has 3 aromatic heterocycles. The maximum absolute atomic E-state index is 14.0. The second kappa shape index (κ2) is 9.61. The van der Waals surface area contributed by atoms with Gasteiger partial charge in [-0.25, -0.2) is 9.67 Å². The van der Waals surface area contributed by atoms with E-state index in [1.807, 2.05) is 65.9 Å². The lowest BCUT2D eigenvalue weighted by molar-refractivity contribution is -0.00565. The number of carbonyl (C=O) groups is 2. The number of nitrogens with zero attached hydrogens (tertiary/aromatic N) is 7. The molecule has 0 radical (unpaired) electrons. The summed E-state index contributed by atoms with van der Waals surface area (Å²) in [4.78, 5) is 34.0. The van der Waals surface area contributed by atoms with Gasteiger partial charge in [0.2, 0.25) is 5.82 Å². The minimum atomic E-state index is -0.639. The van der Waals surface area contributed by atoms with E-state index in [2.05, 4.69) is 25.7 Å². The third-order valence-electron chi connectivity index (χ3n) is 8.01. The average molecular weight is 549 g/mol. The molecular weight excluding hydrogens is 520 g/mol. The molecule has 1 spiro atoms. The first kappa shape index (κ1) is 25.1. The molecule has 2 aliphatic rings. The molecule has 0 atom stereocenters. The number of ketones is 1. The molecule has 1 N–H and O–H groups in total. The molecule has 2 aliphatic heterocycles. The van der Waals surface area contributed by atoms with Crippen LogP contribution in [-0.4, -0.2) is 70.7 Å². The SMILES string of the molecule is CC(C)n1ncc2c(C(=O)N3CCC4(CC3)CC(=O)c3cc(-c5nn[nH]n5)ccc3O4)cc(-c3ccccc3)nc21. The maximum atomic E-state index is 14.0. The number of pyridine rings is 1. The van der Waals surface area contributed by atoms with E-state index < -0.39 is 5.60 Å². The number of carbonyl (C=O) groups excluding carboxylic acids is 2. The predicted molar refractivity (Wildman–Crippen MR) is 150 cm³/mol. The lowest BCUT2D eigenvalue weighted by atomic mass is 9.82. The first-order chi connectivity index (χ1) is 19.9. The van der Waals surface area contributed by atoms with Crippen LogP contribution in [0.25, 0.3) is 33.7 Å². The van der Waals surface area contributed by atoms with E-state index >= 15 is 0 Å². The summed E-state index contributed by atoms with van der Waals surface area (Å²) in [7, 11) is 0. The molecule has 5 aromatic rings. The predicted octanol–water partition coefficient (Wildman–Crippen LogP) is 4.50. The molecule has 0 unspecified atom stereocenters. The molecule has 0 saturated carbocycles. The molecule has 2 aromatic carbocycles. The van der Waals surface area contributed by atoms with E-state index in [9.17, 15) is 9.59 Å². The van der Waals surface area contributed by atoms with E-state index in [0.717, 1.165) is 16.6 Å². The van der Waals surface area contributed by atoms with Crippen molar-refractivity contribution in [2.45, 2.75) is 44.8 Å². The highest BCUT2D eigenvalue weighted by atomic mass is 16.5. The summed E-state index contributed by atoms with van der Waals surface area (Å²) in [6, 6.07) is 17.2. The van der Waals surface area contributed by atoms with Crippen molar-refractivity contribution in [1.82, 2.24) is 40.3 Å². The number of H-pyrrole nitrogens is 1. The largest absolute Gasteiger partial charge is 0.486 e. The summed E-state index contributed by atoms with van der Waals surface area (Å²) >= 11 is 0. The van der Waals surface area contributed by atoms with Crippen molar-refractivity contribution < 1.29 is 14.3 Å². The Balaban J connectivity index is 1.15. The van der Waals surface area contributed by atoms with Crippen LogP contribution < -0.4 is 4.74 Å². The molecule has 7 rings (SSSR count). The Labute approximate surface area is 235 Å². The lowest BCUT2D eigenvalue weighted by Gasteiger charge is -2.44. The first-order valence-electron chi connectivity index (χ1n) is 13.7. The van der Waals surface area contributed by atoms with E-state index in [-0.39, 0.29) is 24.2 Å². The van der Waals surface area contributed by atoms with Gasteiger partial charge in [-0.15, -0.1) is 10.2 Å². The molecule has 11 heteroatoms. The van der Waals surface area contributed by atoms with Crippen molar-refractivity contribution in [3.05, 3.63) is 71.9 Å². The Morgan fingerprint density at radius 2 is 1.85 bits per heavy atom. The number of Topliss-reactive ketones (excluding diaryl/α,β-unsaturated/α-hetero) is 1. The zero-order valence-corrected chi connectivity index (χ0v) is 22.7. The number of ether oxygens (including phenoxy) is 1. The number of fused-ring (bicyclic) bond motifs is 2. The van der Waals surface area contributed by atoms with Crippen LogP contribution in [0.5, 0.6) is 5.75 Å². The summed E-state index contributed by atoms with van der Waals surface area (Å²) < 4.78 is 8.32. The van der Waals surface area contributed by atoms with Crippen LogP contribution in [0.15, 0.2) is 60.8 Å². The third-order valence-corrected chi connectivity index (χ3v) is 8.01. The first-order valence-corrected chi connectivity index (χ1v) is 13.7. The number of hydrogen-bond donors (Lipinski definition) is 1. The number of aromatic nitrogens is 7. The van der Waals surface area contributed by atoms with Gasteiger partial charge in [0.1, 0.15) is 11.4 Å². The number of benzene rings is 2. The number of rotatable bonds is 4. The number of aromatic amines is 1. The molecule has 0 bridgehead atoms. The van der Waals surface area contributed by atoms with Crippen LogP contribution in [-0.2, 0) is 0 Å². The summed E-state index contributed by atoms with van der Waals surface area (Å²) in [5, 5.41) is 19.3. The quantitative estimate of drug-likeness (QED) is 0.347. The van der Waals surface area contributed by atoms with Crippen LogP contribution >= 0.6 is 0 Å². The summed E-state index contributed by atoms with van der Waals surface area (Å²) in [6.45, 7) is 5.05. The highest BCUT2D eigenvalue weighted by molar-refractivity contribution is 6.06. The Hall–Kier alpha value is -4.93. The number of likely N-dealkylation sites (tertiary alicyclic amines) is 1. The van der Waals surface area contributed by atoms with Gasteiger partial charge in [0, 0.05) is 43.1 Å². The molecule has 1 amide bonds. The summed E-state index contributed by atoms with van der Waals surface area (Å²) in [5.41, 5.74) is 3.52. The number of tetrazole rings is 1. The van der Waals surface area contributed by atoms with Crippen LogP contribution in [0.2, 0.25) is 0 Å². The topological polar surface area (TPSA) is 132 Å². The number of hydrogen-bond acceptors (Lipinski definition) is 8. The molecule has 0 aliphatic carbocycles. The number of nitrogens with one attached hydrogen (secondary N) is 1. The fraction of sp³-hybridized carbons (Fsp3) is 0.300. The van der Waals surface area contributed by atoms with Crippen molar-refractivity contribution in [3.63, 3.8) is 0 Å². The zero-order valence-electron chi connectivity index (χ0n) is 22.7. The molecular formula is C30H28N8O3. The minimum absolute atomic E-state index is 0.0146. The van der Waals surface area contributed by atoms with Gasteiger partial charge in [-0.1, -0.05) is 30.3 Å². The van der Waals surface area contributed by atoms with Crippen molar-refractivity contribution >= 4 is 22.7 Å². The summed E-state index contributed by atoms with van der Waals surface area (Å²) in [6.07, 6.45) is 3.11. The molecule has 11 nitrogen and oxygen atoms in total. The van der Waals surface area contributed by atoms with Gasteiger partial charge in [-0.3, -0.25) is 9.59 Å². The van der Waals surface area contributed by atoms with Crippen molar-refractivity contribution in [2.75, 3.05) is 13.1 Å². The standard InChI is InChI=1S/C30H28N8O3/c1-18(2)38-28-23(17-31-38)21(15-24(32-28)19-6-4-3-5-7-19)29(40)37-12-10-30(11-13-37)16-25(39)22-14-20(8-9-26(22)41-30)27-33-35-36-34-27/h3-9,14-15,17-18H,10-13,16H2,1-2H3,(H,33,34,35,36). The van der Waals surface area contributed by atoms with Crippen LogP contribution in [0.1, 0.15) is 59.9 Å². The Bertz CT molecular complexity index is 1770. The monoisotopic (exact) mass is 548 g/mol. The van der Waals surface area contributed by atoms with Gasteiger partial charge < -0.3 is 9.64 Å². The van der Waals surface area contributed by atoms with E-state index in [0.29, 0.717) is 59.8 Å². The zero-order chi connectivity index (χ0) is 28.1. The molecule has 41 heavy (non-hydrogen) atoms. The molecule has 1 fully saturated rings. The Kier molecular flexibility index (Phi) is 5.88. The van der Waals surface area contributed by atoms with Crippen LogP contribution in [0.4, 0.5) is 0 Å². The van der Waals surface area contributed by atoms with E-state index in [1.54, 1.807) is 18.3 Å². The maximum Gasteiger partial charge on any atom is 0.254 e. The smallest absolute Gasteiger partial charge is 0.254 e. The molecule has 206 valence electrons. The van der Waals surface area contributed by atoms with Gasteiger partial charge in [-0.05, 0) is 43.3 Å². The Morgan fingerprint density at radius 3 is 2.59 bits per heavy atom. The second-order valence-electron chi connectivity index (χ2n) is 11.0. The van der Waals surface area contributed by atoms with Crippen LogP contribution in [0, 0.1) is 0 Å². The average Bonchev–Trinajstić information content (AvgIpc) is 3.68. The van der Waals surface area contributed by atoms with Crippen molar-refractivity contribution in [1.29, 1.82) is 0 Å². The van der Waals surface area contributed by atoms with Gasteiger partial charge in [0.15, 0.2) is 11.4 Å². The number of piperidine rings is 1. The number of amides is 1. The fourth-order valence-corrected chi connectivity index (χ4v) is 5.81. The van der Waals surface area contributed by atoms with E-state index in [4.69, 9.17) is 9.72 Å². The van der Waals surface area contributed by atoms with Gasteiger partial charge in [0.25, 0.3) is 5.91 Å². The summed E-state index contributed by atoms with van der Waals surface area (Å²) in [5.74, 6) is 0.922. The van der Waals surface area contributed by atoms with Gasteiger partial charge in [-0.2, -0.15) is 10.3 Å². The lowest BCUT2D eigenvalue weighted by Crippen LogP contribution is -2.52. The molecule has 1 saturated heterocycles. The third kappa shape index (κ3) is 4.33. The highest BCUT2D eigenvalue weighted by Gasteiger charge is 2.44. The van der Waals surface area contributed by atoms with Crippen molar-refractivity contribution in [3.8, 4) is 28.4 Å². The second-order valence-corrected chi connectivity index (χ2v) is 11.0. The van der Waals surface area contributed by atoms with E-state index in [1.165, 1.54) is 0 Å². The molecule has 5 heterocycles. The van der Waals surface area contributed by atoms with Gasteiger partial charge in [0.05, 0.1) is 34.8 Å². The minimum Gasteiger partial charge on any atom is -0.486 e. The Morgan fingerprint density at radius 1 is 1.05 bits per heavy atom. The highest BCUT2D eigenvalue weighted by Crippen LogP contribution is 2.41. The van der Waals surface area contributed by atoms with Crippen molar-refractivity contribution in [2.24, 2.45) is 0 Å². The fourth-order valence-electron chi connectivity index (χ4n) is 5.81. The van der Waals surface area contributed by atoms with Crippen LogP contribution in [0.3, 0.4) is 0 Å². The van der Waals surface area contributed by atoms with Gasteiger partial charge >= 0.3 is 0 Å².